The number of carbonyl (C=O) groups excluding carboxylic acids is 1. The minimum atomic E-state index is -0.324. The first-order chi connectivity index (χ1) is 11.2. The number of nitrogens with one attached hydrogen (secondary N) is 2. The van der Waals surface area contributed by atoms with Crippen LogP contribution in [-0.2, 0) is 0 Å². The molecule has 4 rings (SSSR count). The van der Waals surface area contributed by atoms with Gasteiger partial charge in [-0.2, -0.15) is 0 Å². The van der Waals surface area contributed by atoms with Crippen molar-refractivity contribution in [1.29, 1.82) is 0 Å². The van der Waals surface area contributed by atoms with E-state index in [4.69, 9.17) is 11.6 Å². The van der Waals surface area contributed by atoms with E-state index in [1.807, 2.05) is 24.3 Å². The maximum atomic E-state index is 12.4. The van der Waals surface area contributed by atoms with E-state index < -0.39 is 0 Å². The molecule has 0 saturated heterocycles. The number of pyridine rings is 1. The number of aromatic amines is 1. The molecule has 23 heavy (non-hydrogen) atoms. The predicted octanol–water partition coefficient (Wildman–Crippen LogP) is 4.02. The molecule has 6 heteroatoms. The maximum absolute atomic E-state index is 12.4. The largest absolute Gasteiger partial charge is 0.334 e. The number of anilines is 1. The van der Waals surface area contributed by atoms with Gasteiger partial charge in [0.25, 0.3) is 5.91 Å². The molecule has 2 aromatic carbocycles. The Bertz CT molecular complexity index is 1040. The molecule has 112 valence electrons. The summed E-state index contributed by atoms with van der Waals surface area (Å²) >= 11 is 5.95. The zero-order valence-electron chi connectivity index (χ0n) is 11.9. The summed E-state index contributed by atoms with van der Waals surface area (Å²) in [6.07, 6.45) is 3.38. The molecule has 0 spiro atoms. The van der Waals surface area contributed by atoms with Crippen LogP contribution in [0, 0.1) is 0 Å². The van der Waals surface area contributed by atoms with Gasteiger partial charge in [0.2, 0.25) is 0 Å². The van der Waals surface area contributed by atoms with E-state index in [-0.39, 0.29) is 11.7 Å². The molecule has 5 nitrogen and oxygen atoms in total. The van der Waals surface area contributed by atoms with Gasteiger partial charge in [-0.3, -0.25) is 9.78 Å². The van der Waals surface area contributed by atoms with Crippen molar-refractivity contribution in [2.45, 2.75) is 0 Å². The minimum Gasteiger partial charge on any atom is -0.334 e. The number of aromatic nitrogens is 3. The summed E-state index contributed by atoms with van der Waals surface area (Å²) in [5.74, 6) is -0.0920. The molecule has 0 fully saturated rings. The molecule has 0 aliphatic rings. The van der Waals surface area contributed by atoms with Crippen LogP contribution in [-0.4, -0.2) is 20.9 Å². The fraction of sp³-hybridized carbons (Fsp3) is 0. The molecular weight excluding hydrogens is 312 g/mol. The standard InChI is InChI=1S/C17H11ClN4O/c18-11-5-6-13-14(7-11)21-16(20-13)17(23)22-15-9-19-8-10-3-1-2-4-12(10)15/h1-9H,(H,20,21)(H,22,23). The van der Waals surface area contributed by atoms with Crippen molar-refractivity contribution in [2.75, 3.05) is 5.32 Å². The molecule has 2 N–H and O–H groups in total. The summed E-state index contributed by atoms with van der Waals surface area (Å²) in [6.45, 7) is 0. The number of imidazole rings is 1. The average molecular weight is 323 g/mol. The number of H-pyrrole nitrogens is 1. The predicted molar refractivity (Wildman–Crippen MR) is 90.8 cm³/mol. The lowest BCUT2D eigenvalue weighted by atomic mass is 10.1. The monoisotopic (exact) mass is 322 g/mol. The Labute approximate surface area is 136 Å². The number of rotatable bonds is 2. The molecular formula is C17H11ClN4O. The van der Waals surface area contributed by atoms with Crippen LogP contribution < -0.4 is 5.32 Å². The zero-order chi connectivity index (χ0) is 15.8. The number of halogens is 1. The molecule has 0 aliphatic carbocycles. The highest BCUT2D eigenvalue weighted by atomic mass is 35.5. The van der Waals surface area contributed by atoms with Crippen molar-refractivity contribution in [3.8, 4) is 0 Å². The van der Waals surface area contributed by atoms with Gasteiger partial charge in [0, 0.05) is 22.0 Å². The van der Waals surface area contributed by atoms with Crippen molar-refractivity contribution < 1.29 is 4.79 Å². The van der Waals surface area contributed by atoms with E-state index in [0.29, 0.717) is 16.2 Å². The first-order valence-corrected chi connectivity index (χ1v) is 7.38. The molecule has 0 aliphatic heterocycles. The lowest BCUT2D eigenvalue weighted by molar-refractivity contribution is 0.101. The Morgan fingerprint density at radius 2 is 2.00 bits per heavy atom. The van der Waals surface area contributed by atoms with E-state index in [2.05, 4.69) is 20.3 Å². The third kappa shape index (κ3) is 2.51. The number of benzene rings is 2. The first-order valence-electron chi connectivity index (χ1n) is 7.00. The van der Waals surface area contributed by atoms with Crippen molar-refractivity contribution in [1.82, 2.24) is 15.0 Å². The first kappa shape index (κ1) is 13.7. The Morgan fingerprint density at radius 3 is 2.91 bits per heavy atom. The molecule has 2 aromatic heterocycles. The zero-order valence-corrected chi connectivity index (χ0v) is 12.6. The quantitative estimate of drug-likeness (QED) is 0.585. The van der Waals surface area contributed by atoms with Crippen LogP contribution in [0.15, 0.2) is 54.9 Å². The summed E-state index contributed by atoms with van der Waals surface area (Å²) in [6, 6.07) is 13.0. The molecule has 2 heterocycles. The van der Waals surface area contributed by atoms with Crippen molar-refractivity contribution in [3.05, 3.63) is 65.7 Å². The fourth-order valence-corrected chi connectivity index (χ4v) is 2.66. The summed E-state index contributed by atoms with van der Waals surface area (Å²) in [5.41, 5.74) is 2.06. The normalized spacial score (nSPS) is 11.0. The number of hydrogen-bond acceptors (Lipinski definition) is 3. The SMILES string of the molecule is O=C(Nc1cncc2ccccc12)c1nc2ccc(Cl)cc2[nH]1. The van der Waals surface area contributed by atoms with Gasteiger partial charge < -0.3 is 10.3 Å². The molecule has 1 amide bonds. The van der Waals surface area contributed by atoms with Gasteiger partial charge in [0.1, 0.15) is 0 Å². The van der Waals surface area contributed by atoms with Gasteiger partial charge in [-0.15, -0.1) is 0 Å². The minimum absolute atomic E-state index is 0.232. The fourth-order valence-electron chi connectivity index (χ4n) is 2.49. The van der Waals surface area contributed by atoms with Gasteiger partial charge in [-0.05, 0) is 18.2 Å². The smallest absolute Gasteiger partial charge is 0.291 e. The summed E-state index contributed by atoms with van der Waals surface area (Å²) < 4.78 is 0. The van der Waals surface area contributed by atoms with Crippen molar-refractivity contribution in [3.63, 3.8) is 0 Å². The molecule has 0 radical (unpaired) electrons. The topological polar surface area (TPSA) is 70.7 Å². The van der Waals surface area contributed by atoms with Gasteiger partial charge in [-0.1, -0.05) is 35.9 Å². The third-order valence-corrected chi connectivity index (χ3v) is 3.81. The summed E-state index contributed by atoms with van der Waals surface area (Å²) in [5, 5.41) is 5.32. The van der Waals surface area contributed by atoms with Gasteiger partial charge >= 0.3 is 0 Å². The van der Waals surface area contributed by atoms with Crippen LogP contribution in [0.3, 0.4) is 0 Å². The Hall–Kier alpha value is -2.92. The lowest BCUT2D eigenvalue weighted by Crippen LogP contribution is -2.14. The number of fused-ring (bicyclic) bond motifs is 2. The second kappa shape index (κ2) is 5.37. The Kier molecular flexibility index (Phi) is 3.20. The Morgan fingerprint density at radius 1 is 1.13 bits per heavy atom. The highest BCUT2D eigenvalue weighted by Crippen LogP contribution is 2.22. The molecule has 0 atom stereocenters. The van der Waals surface area contributed by atoms with Crippen LogP contribution in [0.4, 0.5) is 5.69 Å². The second-order valence-corrected chi connectivity index (χ2v) is 5.55. The van der Waals surface area contributed by atoms with Crippen LogP contribution in [0.1, 0.15) is 10.6 Å². The van der Waals surface area contributed by atoms with E-state index in [1.54, 1.807) is 30.6 Å². The molecule has 0 saturated carbocycles. The number of carbonyl (C=O) groups is 1. The number of hydrogen-bond donors (Lipinski definition) is 2. The lowest BCUT2D eigenvalue weighted by Gasteiger charge is -2.06. The van der Waals surface area contributed by atoms with Crippen molar-refractivity contribution in [2.24, 2.45) is 0 Å². The van der Waals surface area contributed by atoms with Crippen LogP contribution in [0.2, 0.25) is 5.02 Å². The second-order valence-electron chi connectivity index (χ2n) is 5.11. The molecule has 0 unspecified atom stereocenters. The van der Waals surface area contributed by atoms with Crippen LogP contribution >= 0.6 is 11.6 Å². The Balaban J connectivity index is 1.70. The molecule has 4 aromatic rings. The summed E-state index contributed by atoms with van der Waals surface area (Å²) in [7, 11) is 0. The van der Waals surface area contributed by atoms with Crippen LogP contribution in [0.5, 0.6) is 0 Å². The van der Waals surface area contributed by atoms with Gasteiger partial charge in [0.15, 0.2) is 5.82 Å². The molecule has 0 bridgehead atoms. The average Bonchev–Trinajstić information content (AvgIpc) is 2.98. The highest BCUT2D eigenvalue weighted by Gasteiger charge is 2.13. The van der Waals surface area contributed by atoms with Crippen LogP contribution in [0.25, 0.3) is 21.8 Å². The van der Waals surface area contributed by atoms with E-state index >= 15 is 0 Å². The van der Waals surface area contributed by atoms with Crippen molar-refractivity contribution >= 4 is 45.0 Å². The number of amides is 1. The number of nitrogens with zero attached hydrogens (tertiary/aromatic N) is 2. The van der Waals surface area contributed by atoms with Gasteiger partial charge in [0.05, 0.1) is 22.9 Å². The van der Waals surface area contributed by atoms with E-state index in [1.165, 1.54) is 0 Å². The maximum Gasteiger partial charge on any atom is 0.291 e. The highest BCUT2D eigenvalue weighted by molar-refractivity contribution is 6.31. The summed E-state index contributed by atoms with van der Waals surface area (Å²) in [4.78, 5) is 23.9. The van der Waals surface area contributed by atoms with E-state index in [0.717, 1.165) is 16.3 Å². The van der Waals surface area contributed by atoms with Gasteiger partial charge in [-0.25, -0.2) is 4.98 Å². The van der Waals surface area contributed by atoms with E-state index in [9.17, 15) is 4.79 Å². The third-order valence-electron chi connectivity index (χ3n) is 3.58.